The highest BCUT2D eigenvalue weighted by Gasteiger charge is 2.23. The quantitative estimate of drug-likeness (QED) is 0.655. The van der Waals surface area contributed by atoms with Crippen molar-refractivity contribution in [1.82, 2.24) is 4.90 Å². The van der Waals surface area contributed by atoms with E-state index in [1.54, 1.807) is 0 Å². The van der Waals surface area contributed by atoms with Gasteiger partial charge in [-0.1, -0.05) is 67.1 Å². The molecular formula is C24H25NO2. The zero-order valence-electron chi connectivity index (χ0n) is 15.5. The van der Waals surface area contributed by atoms with Gasteiger partial charge < -0.3 is 9.64 Å². The highest BCUT2D eigenvalue weighted by molar-refractivity contribution is 5.84. The van der Waals surface area contributed by atoms with Gasteiger partial charge in [-0.05, 0) is 41.3 Å². The lowest BCUT2D eigenvalue weighted by atomic mass is 9.94. The molecule has 3 nitrogen and oxygen atoms in total. The van der Waals surface area contributed by atoms with Crippen molar-refractivity contribution in [2.75, 3.05) is 19.7 Å². The lowest BCUT2D eigenvalue weighted by molar-refractivity contribution is -0.133. The monoisotopic (exact) mass is 359 g/mol. The summed E-state index contributed by atoms with van der Waals surface area (Å²) in [6, 6.07) is 24.7. The van der Waals surface area contributed by atoms with E-state index in [0.717, 1.165) is 43.5 Å². The minimum absolute atomic E-state index is 0.0750. The number of rotatable bonds is 4. The number of carbonyl (C=O) groups excluding carboxylic acids is 1. The second-order valence-corrected chi connectivity index (χ2v) is 7.24. The van der Waals surface area contributed by atoms with Crippen molar-refractivity contribution in [3.63, 3.8) is 0 Å². The summed E-state index contributed by atoms with van der Waals surface area (Å²) >= 11 is 0. The van der Waals surface area contributed by atoms with Gasteiger partial charge in [-0.25, -0.2) is 0 Å². The Morgan fingerprint density at radius 2 is 1.70 bits per heavy atom. The minimum Gasteiger partial charge on any atom is -0.484 e. The molecule has 0 aliphatic carbocycles. The van der Waals surface area contributed by atoms with Crippen LogP contribution >= 0.6 is 0 Å². The molecule has 1 heterocycles. The normalized spacial score (nSPS) is 17.5. The molecular weight excluding hydrogens is 334 g/mol. The van der Waals surface area contributed by atoms with E-state index in [1.165, 1.54) is 10.9 Å². The van der Waals surface area contributed by atoms with E-state index in [0.29, 0.717) is 5.92 Å². The van der Waals surface area contributed by atoms with Crippen LogP contribution < -0.4 is 4.74 Å². The van der Waals surface area contributed by atoms with Crippen molar-refractivity contribution >= 4 is 16.7 Å². The summed E-state index contributed by atoms with van der Waals surface area (Å²) in [5, 5.41) is 2.30. The second kappa shape index (κ2) is 8.26. The Hall–Kier alpha value is -2.81. The number of amides is 1. The van der Waals surface area contributed by atoms with Crippen molar-refractivity contribution in [3.05, 3.63) is 78.4 Å². The van der Waals surface area contributed by atoms with Gasteiger partial charge in [0.25, 0.3) is 5.91 Å². The number of nitrogens with zero attached hydrogens (tertiary/aromatic N) is 1. The molecule has 138 valence electrons. The summed E-state index contributed by atoms with van der Waals surface area (Å²) < 4.78 is 5.82. The smallest absolute Gasteiger partial charge is 0.260 e. The minimum atomic E-state index is 0.0750. The third kappa shape index (κ3) is 4.30. The number of benzene rings is 3. The topological polar surface area (TPSA) is 29.5 Å². The number of hydrogen-bond donors (Lipinski definition) is 0. The lowest BCUT2D eigenvalue weighted by Gasteiger charge is -2.25. The van der Waals surface area contributed by atoms with E-state index in [2.05, 4.69) is 36.4 Å². The van der Waals surface area contributed by atoms with Crippen LogP contribution in [0.15, 0.2) is 72.8 Å². The summed E-state index contributed by atoms with van der Waals surface area (Å²) in [4.78, 5) is 14.7. The highest BCUT2D eigenvalue weighted by atomic mass is 16.5. The van der Waals surface area contributed by atoms with Crippen LogP contribution in [0.25, 0.3) is 10.8 Å². The molecule has 27 heavy (non-hydrogen) atoms. The van der Waals surface area contributed by atoms with Crippen LogP contribution in [-0.4, -0.2) is 30.5 Å². The van der Waals surface area contributed by atoms with Gasteiger partial charge in [0.05, 0.1) is 0 Å². The SMILES string of the molecule is O=C(COc1ccc2ccccc2c1)N1CCCCC(c2ccccc2)C1. The Morgan fingerprint density at radius 3 is 2.56 bits per heavy atom. The number of carbonyl (C=O) groups is 1. The maximum Gasteiger partial charge on any atom is 0.260 e. The van der Waals surface area contributed by atoms with Crippen LogP contribution in [0.5, 0.6) is 5.75 Å². The molecule has 3 aromatic carbocycles. The molecule has 0 spiro atoms. The van der Waals surface area contributed by atoms with Crippen LogP contribution in [0.4, 0.5) is 0 Å². The van der Waals surface area contributed by atoms with E-state index >= 15 is 0 Å². The standard InChI is InChI=1S/C24H25NO2/c26-24(18-27-23-14-13-20-10-4-5-11-21(20)16-23)25-15-7-6-12-22(17-25)19-8-2-1-3-9-19/h1-5,8-11,13-14,16,22H,6-7,12,15,17-18H2. The number of ether oxygens (including phenoxy) is 1. The predicted octanol–water partition coefficient (Wildman–Crippen LogP) is 5.01. The molecule has 4 rings (SSSR count). The van der Waals surface area contributed by atoms with Crippen molar-refractivity contribution in [2.24, 2.45) is 0 Å². The van der Waals surface area contributed by atoms with E-state index in [9.17, 15) is 4.79 Å². The molecule has 1 amide bonds. The molecule has 0 N–H and O–H groups in total. The van der Waals surface area contributed by atoms with E-state index < -0.39 is 0 Å². The van der Waals surface area contributed by atoms with Crippen LogP contribution in [0.1, 0.15) is 30.7 Å². The summed E-state index contributed by atoms with van der Waals surface area (Å²) in [5.74, 6) is 1.24. The molecule has 3 aromatic rings. The second-order valence-electron chi connectivity index (χ2n) is 7.24. The van der Waals surface area contributed by atoms with Crippen LogP contribution in [0.2, 0.25) is 0 Å². The Balaban J connectivity index is 1.40. The Bertz CT molecular complexity index is 906. The molecule has 1 aliphatic rings. The zero-order valence-corrected chi connectivity index (χ0v) is 15.5. The molecule has 0 saturated carbocycles. The summed E-state index contributed by atoms with van der Waals surface area (Å²) in [6.07, 6.45) is 3.36. The molecule has 1 saturated heterocycles. The lowest BCUT2D eigenvalue weighted by Crippen LogP contribution is -2.37. The number of likely N-dealkylation sites (tertiary alicyclic amines) is 1. The zero-order chi connectivity index (χ0) is 18.5. The molecule has 0 aromatic heterocycles. The van der Waals surface area contributed by atoms with Crippen LogP contribution in [-0.2, 0) is 4.79 Å². The molecule has 1 fully saturated rings. The first-order chi connectivity index (χ1) is 13.3. The maximum atomic E-state index is 12.8. The summed E-state index contributed by atoms with van der Waals surface area (Å²) in [5.41, 5.74) is 1.33. The van der Waals surface area contributed by atoms with Crippen LogP contribution in [0, 0.1) is 0 Å². The van der Waals surface area contributed by atoms with E-state index in [4.69, 9.17) is 4.74 Å². The van der Waals surface area contributed by atoms with Crippen molar-refractivity contribution < 1.29 is 9.53 Å². The Kier molecular flexibility index (Phi) is 5.38. The first-order valence-electron chi connectivity index (χ1n) is 9.74. The predicted molar refractivity (Wildman–Crippen MR) is 109 cm³/mol. The average Bonchev–Trinajstić information content (AvgIpc) is 2.99. The summed E-state index contributed by atoms with van der Waals surface area (Å²) in [7, 11) is 0. The summed E-state index contributed by atoms with van der Waals surface area (Å²) in [6.45, 7) is 1.70. The van der Waals surface area contributed by atoms with Crippen molar-refractivity contribution in [3.8, 4) is 5.75 Å². The van der Waals surface area contributed by atoms with Gasteiger partial charge in [0.1, 0.15) is 5.75 Å². The molecule has 0 bridgehead atoms. The third-order valence-electron chi connectivity index (χ3n) is 5.38. The van der Waals surface area contributed by atoms with Gasteiger partial charge >= 0.3 is 0 Å². The van der Waals surface area contributed by atoms with Gasteiger partial charge in [-0.15, -0.1) is 0 Å². The Labute approximate surface area is 160 Å². The third-order valence-corrected chi connectivity index (χ3v) is 5.38. The number of fused-ring (bicyclic) bond motifs is 1. The molecule has 1 aliphatic heterocycles. The van der Waals surface area contributed by atoms with Gasteiger partial charge in [0, 0.05) is 19.0 Å². The molecule has 1 unspecified atom stereocenters. The highest BCUT2D eigenvalue weighted by Crippen LogP contribution is 2.26. The molecule has 1 atom stereocenters. The van der Waals surface area contributed by atoms with E-state index in [1.807, 2.05) is 41.3 Å². The first-order valence-corrected chi connectivity index (χ1v) is 9.74. The number of hydrogen-bond acceptors (Lipinski definition) is 2. The van der Waals surface area contributed by atoms with Crippen LogP contribution in [0.3, 0.4) is 0 Å². The first kappa shape index (κ1) is 17.6. The Morgan fingerprint density at radius 1 is 0.926 bits per heavy atom. The fourth-order valence-corrected chi connectivity index (χ4v) is 3.86. The largest absolute Gasteiger partial charge is 0.484 e. The van der Waals surface area contributed by atoms with Gasteiger partial charge in [-0.2, -0.15) is 0 Å². The maximum absolute atomic E-state index is 12.8. The van der Waals surface area contributed by atoms with Crippen molar-refractivity contribution in [2.45, 2.75) is 25.2 Å². The fraction of sp³-hybridized carbons (Fsp3) is 0.292. The van der Waals surface area contributed by atoms with Crippen molar-refractivity contribution in [1.29, 1.82) is 0 Å². The van der Waals surface area contributed by atoms with Gasteiger partial charge in [-0.3, -0.25) is 4.79 Å². The van der Waals surface area contributed by atoms with E-state index in [-0.39, 0.29) is 12.5 Å². The molecule has 3 heteroatoms. The molecule has 0 radical (unpaired) electrons. The van der Waals surface area contributed by atoms with Gasteiger partial charge in [0.15, 0.2) is 6.61 Å². The fourth-order valence-electron chi connectivity index (χ4n) is 3.86. The van der Waals surface area contributed by atoms with Gasteiger partial charge in [0.2, 0.25) is 0 Å². The average molecular weight is 359 g/mol.